The first-order valence-electron chi connectivity index (χ1n) is 9.52. The second-order valence-corrected chi connectivity index (χ2v) is 6.83. The van der Waals surface area contributed by atoms with Crippen molar-refractivity contribution in [3.8, 4) is 0 Å². The van der Waals surface area contributed by atoms with E-state index < -0.39 is 6.09 Å². The third kappa shape index (κ3) is 20.1. The molecule has 0 aromatic carbocycles. The van der Waals surface area contributed by atoms with Gasteiger partial charge >= 0.3 is 6.09 Å². The molecular weight excluding hydrogens is 402 g/mol. The van der Waals surface area contributed by atoms with Gasteiger partial charge in [0, 0.05) is 27.6 Å². The van der Waals surface area contributed by atoms with Crippen molar-refractivity contribution in [3.63, 3.8) is 0 Å². The van der Waals surface area contributed by atoms with Crippen LogP contribution >= 0.6 is 12.8 Å². The van der Waals surface area contributed by atoms with Crippen molar-refractivity contribution in [2.24, 2.45) is 0 Å². The van der Waals surface area contributed by atoms with Crippen molar-refractivity contribution >= 4 is 18.9 Å². The molecule has 0 saturated heterocycles. The number of unbranched alkanes of at least 4 members (excludes halogenated alkanes) is 12. The number of thiol groups is 1. The summed E-state index contributed by atoms with van der Waals surface area (Å²) in [4.78, 5) is 10.5. The zero-order chi connectivity index (χ0) is 17.2. The average Bonchev–Trinajstić information content (AvgIpc) is 2.54. The maximum absolute atomic E-state index is 10.5. The van der Waals surface area contributed by atoms with Crippen molar-refractivity contribution in [2.75, 3.05) is 6.54 Å². The van der Waals surface area contributed by atoms with Gasteiger partial charge in [0.2, 0.25) is 0 Å². The summed E-state index contributed by atoms with van der Waals surface area (Å²) in [5, 5.41) is 8.65. The Hall–Kier alpha value is 0.0483. The third-order valence-corrected chi connectivity index (χ3v) is 4.47. The van der Waals surface area contributed by atoms with E-state index in [1.807, 2.05) is 0 Å². The topological polar surface area (TPSA) is 40.5 Å². The molecule has 0 aliphatic heterocycles. The van der Waals surface area contributed by atoms with Gasteiger partial charge in [0.05, 0.1) is 0 Å². The fraction of sp³-hybridized carbons (Fsp3) is 0.842. The van der Waals surface area contributed by atoms with E-state index in [2.05, 4.69) is 31.9 Å². The van der Waals surface area contributed by atoms with Crippen LogP contribution in [-0.2, 0) is 21.1 Å². The summed E-state index contributed by atoms with van der Waals surface area (Å²) in [6.07, 6.45) is 21.5. The molecule has 0 bridgehead atoms. The molecular formula is C19H37MoNO2S. The van der Waals surface area contributed by atoms with E-state index in [0.29, 0.717) is 6.54 Å². The minimum absolute atomic E-state index is 0. The molecule has 0 aromatic heterocycles. The van der Waals surface area contributed by atoms with Crippen molar-refractivity contribution in [1.82, 2.24) is 4.31 Å². The molecule has 0 fully saturated rings. The summed E-state index contributed by atoms with van der Waals surface area (Å²) < 4.78 is 1.06. The van der Waals surface area contributed by atoms with Crippen molar-refractivity contribution in [2.45, 2.75) is 96.8 Å². The summed E-state index contributed by atoms with van der Waals surface area (Å²) in [6.45, 7) is 2.79. The van der Waals surface area contributed by atoms with E-state index in [1.165, 1.54) is 77.0 Å². The molecule has 0 radical (unpaired) electrons. The van der Waals surface area contributed by atoms with Crippen LogP contribution in [0.5, 0.6) is 0 Å². The molecule has 0 atom stereocenters. The van der Waals surface area contributed by atoms with Gasteiger partial charge in [-0.25, -0.2) is 4.79 Å². The molecule has 3 nitrogen and oxygen atoms in total. The van der Waals surface area contributed by atoms with E-state index in [4.69, 9.17) is 5.11 Å². The van der Waals surface area contributed by atoms with Crippen molar-refractivity contribution in [1.29, 1.82) is 0 Å². The maximum atomic E-state index is 10.5. The molecule has 1 amide bonds. The van der Waals surface area contributed by atoms with Crippen molar-refractivity contribution in [3.05, 3.63) is 12.2 Å². The van der Waals surface area contributed by atoms with Gasteiger partial charge in [0.1, 0.15) is 0 Å². The molecule has 1 N–H and O–H groups in total. The Morgan fingerprint density at radius 1 is 0.833 bits per heavy atom. The predicted molar refractivity (Wildman–Crippen MR) is 103 cm³/mol. The quantitative estimate of drug-likeness (QED) is 0.120. The largest absolute Gasteiger partial charge is 0.464 e. The average molecular weight is 440 g/mol. The van der Waals surface area contributed by atoms with Gasteiger partial charge < -0.3 is 5.11 Å². The number of hydrogen-bond acceptors (Lipinski definition) is 2. The Morgan fingerprint density at radius 2 is 1.25 bits per heavy atom. The number of carbonyl (C=O) groups is 1. The summed E-state index contributed by atoms with van der Waals surface area (Å²) in [5.41, 5.74) is 0. The molecule has 24 heavy (non-hydrogen) atoms. The maximum Gasteiger partial charge on any atom is 0.417 e. The molecule has 0 rings (SSSR count). The van der Waals surface area contributed by atoms with E-state index in [-0.39, 0.29) is 21.1 Å². The number of allylic oxidation sites excluding steroid dienone is 2. The SMILES string of the molecule is CCCCCCCC/C=C\CCCCCCCCN(S)C(=O)O.[Mo]. The number of nitrogens with zero attached hydrogens (tertiary/aromatic N) is 1. The number of amides is 1. The molecule has 0 spiro atoms. The number of rotatable bonds is 16. The third-order valence-electron chi connectivity index (χ3n) is 4.10. The zero-order valence-electron chi connectivity index (χ0n) is 15.4. The molecule has 0 aromatic rings. The summed E-state index contributed by atoms with van der Waals surface area (Å²) in [5.74, 6) is 0. The minimum atomic E-state index is -0.957. The first kappa shape index (κ1) is 26.3. The second-order valence-electron chi connectivity index (χ2n) is 6.34. The van der Waals surface area contributed by atoms with Crippen molar-refractivity contribution < 1.29 is 31.0 Å². The van der Waals surface area contributed by atoms with E-state index >= 15 is 0 Å². The summed E-state index contributed by atoms with van der Waals surface area (Å²) in [7, 11) is 0. The Morgan fingerprint density at radius 3 is 1.71 bits per heavy atom. The van der Waals surface area contributed by atoms with Crippen LogP contribution in [0.25, 0.3) is 0 Å². The molecule has 0 saturated carbocycles. The van der Waals surface area contributed by atoms with Crippen LogP contribution < -0.4 is 0 Å². The molecule has 0 unspecified atom stereocenters. The predicted octanol–water partition coefficient (Wildman–Crippen LogP) is 6.85. The Labute approximate surface area is 169 Å². The van der Waals surface area contributed by atoms with E-state index in [0.717, 1.165) is 17.1 Å². The van der Waals surface area contributed by atoms with Gasteiger partial charge in [0.25, 0.3) is 0 Å². The summed E-state index contributed by atoms with van der Waals surface area (Å²) in [6, 6.07) is 0. The number of hydrogen-bond donors (Lipinski definition) is 2. The fourth-order valence-corrected chi connectivity index (χ4v) is 2.75. The van der Waals surface area contributed by atoms with Gasteiger partial charge in [-0.05, 0) is 32.1 Å². The monoisotopic (exact) mass is 441 g/mol. The van der Waals surface area contributed by atoms with Gasteiger partial charge in [-0.1, -0.05) is 89.7 Å². The molecule has 0 aliphatic rings. The molecule has 5 heteroatoms. The Balaban J connectivity index is 0. The van der Waals surface area contributed by atoms with Crippen LogP contribution in [0.3, 0.4) is 0 Å². The van der Waals surface area contributed by atoms with Gasteiger partial charge in [-0.2, -0.15) is 0 Å². The standard InChI is InChI=1S/C19H37NO2S.Mo/c1-2-3-4-5-6-7-8-9-10-11-12-13-14-15-16-17-18-20(23)19(21)22;/h9-10,23H,2-8,11-18H2,1H3,(H,21,22);/b10-9-;. The van der Waals surface area contributed by atoms with Crippen LogP contribution in [0.4, 0.5) is 4.79 Å². The van der Waals surface area contributed by atoms with Crippen LogP contribution in [0.2, 0.25) is 0 Å². The van der Waals surface area contributed by atoms with Crippen LogP contribution in [-0.4, -0.2) is 22.0 Å². The fourth-order valence-electron chi connectivity index (χ4n) is 2.60. The van der Waals surface area contributed by atoms with E-state index in [9.17, 15) is 4.79 Å². The molecule has 0 heterocycles. The first-order valence-corrected chi connectivity index (χ1v) is 9.92. The van der Waals surface area contributed by atoms with Crippen LogP contribution in [0, 0.1) is 0 Å². The Bertz CT molecular complexity index is 301. The smallest absolute Gasteiger partial charge is 0.417 e. The zero-order valence-corrected chi connectivity index (χ0v) is 18.3. The first-order chi connectivity index (χ1) is 11.2. The van der Waals surface area contributed by atoms with E-state index in [1.54, 1.807) is 0 Å². The number of carboxylic acid groups (broad SMARTS) is 1. The Kier molecular flexibility index (Phi) is 23.1. The minimum Gasteiger partial charge on any atom is -0.464 e. The second kappa shape index (κ2) is 21.1. The summed E-state index contributed by atoms with van der Waals surface area (Å²) >= 11 is 3.88. The van der Waals surface area contributed by atoms with Gasteiger partial charge in [-0.15, -0.1) is 0 Å². The van der Waals surface area contributed by atoms with Gasteiger partial charge in [-0.3, -0.25) is 4.31 Å². The normalized spacial score (nSPS) is 10.8. The van der Waals surface area contributed by atoms with Crippen LogP contribution in [0.1, 0.15) is 96.8 Å². The molecule has 0 aliphatic carbocycles. The molecule has 142 valence electrons. The van der Waals surface area contributed by atoms with Gasteiger partial charge in [0.15, 0.2) is 0 Å². The van der Waals surface area contributed by atoms with Crippen LogP contribution in [0.15, 0.2) is 12.2 Å².